The monoisotopic (exact) mass is 353 g/mol. The van der Waals surface area contributed by atoms with E-state index in [9.17, 15) is 4.79 Å². The average Bonchev–Trinajstić information content (AvgIpc) is 2.60. The van der Waals surface area contributed by atoms with Crippen LogP contribution in [0.5, 0.6) is 0 Å². The first kappa shape index (κ1) is 18.9. The van der Waals surface area contributed by atoms with E-state index in [1.54, 1.807) is 0 Å². The molecule has 1 aliphatic rings. The van der Waals surface area contributed by atoms with Gasteiger partial charge in [0.2, 0.25) is 5.91 Å². The molecule has 2 atom stereocenters. The van der Waals surface area contributed by atoms with Crippen molar-refractivity contribution in [2.45, 2.75) is 25.8 Å². The second kappa shape index (κ2) is 8.65. The number of likely N-dealkylation sites (N-methyl/N-ethyl adjacent to an activating group) is 1. The minimum Gasteiger partial charge on any atom is -0.348 e. The highest BCUT2D eigenvalue weighted by molar-refractivity contribution is 5.87. The predicted octanol–water partition coefficient (Wildman–Crippen LogP) is 3.29. The molecule has 26 heavy (non-hydrogen) atoms. The summed E-state index contributed by atoms with van der Waals surface area (Å²) in [5.74, 6) is 0.763. The summed E-state index contributed by atoms with van der Waals surface area (Å²) in [5.41, 5.74) is 1.17. The average molecular weight is 354 g/mol. The van der Waals surface area contributed by atoms with E-state index in [2.05, 4.69) is 72.5 Å². The van der Waals surface area contributed by atoms with Gasteiger partial charge in [-0.1, -0.05) is 42.5 Å². The van der Waals surface area contributed by atoms with Gasteiger partial charge >= 0.3 is 0 Å². The largest absolute Gasteiger partial charge is 0.348 e. The van der Waals surface area contributed by atoms with Gasteiger partial charge in [0, 0.05) is 13.1 Å². The van der Waals surface area contributed by atoms with Crippen molar-refractivity contribution in [1.29, 1.82) is 0 Å². The molecule has 1 heterocycles. The summed E-state index contributed by atoms with van der Waals surface area (Å²) in [4.78, 5) is 17.1. The lowest BCUT2D eigenvalue weighted by molar-refractivity contribution is -0.122. The maximum Gasteiger partial charge on any atom is 0.234 e. The van der Waals surface area contributed by atoms with Gasteiger partial charge < -0.3 is 10.2 Å². The Labute approximate surface area is 157 Å². The molecule has 1 aliphatic heterocycles. The summed E-state index contributed by atoms with van der Waals surface area (Å²) < 4.78 is 0. The Kier molecular flexibility index (Phi) is 6.28. The lowest BCUT2D eigenvalue weighted by atomic mass is 9.98. The molecule has 140 valence electrons. The van der Waals surface area contributed by atoms with Crippen LogP contribution in [0, 0.1) is 5.92 Å². The molecule has 1 N–H and O–H groups in total. The van der Waals surface area contributed by atoms with Crippen molar-refractivity contribution in [3.63, 3.8) is 0 Å². The Morgan fingerprint density at radius 3 is 2.85 bits per heavy atom. The molecule has 0 saturated carbocycles. The van der Waals surface area contributed by atoms with Crippen molar-refractivity contribution in [2.75, 3.05) is 40.3 Å². The number of nitrogens with zero attached hydrogens (tertiary/aromatic N) is 2. The minimum absolute atomic E-state index is 0.00261. The Bertz CT molecular complexity index is 740. The fraction of sp³-hybridized carbons (Fsp3) is 0.500. The van der Waals surface area contributed by atoms with Crippen LogP contribution in [-0.4, -0.2) is 56.0 Å². The summed E-state index contributed by atoms with van der Waals surface area (Å²) in [6.07, 6.45) is 2.53. The van der Waals surface area contributed by atoms with Crippen LogP contribution in [0.4, 0.5) is 0 Å². The molecule has 0 aromatic heterocycles. The van der Waals surface area contributed by atoms with E-state index in [-0.39, 0.29) is 11.9 Å². The lowest BCUT2D eigenvalue weighted by Gasteiger charge is -2.32. The number of nitrogens with one attached hydrogen (secondary N) is 1. The normalized spacial score (nSPS) is 19.6. The summed E-state index contributed by atoms with van der Waals surface area (Å²) in [6, 6.07) is 14.6. The van der Waals surface area contributed by atoms with Crippen molar-refractivity contribution in [3.05, 3.63) is 48.0 Å². The number of rotatable bonds is 6. The van der Waals surface area contributed by atoms with Crippen LogP contribution in [0.2, 0.25) is 0 Å². The topological polar surface area (TPSA) is 35.6 Å². The number of piperidine rings is 1. The predicted molar refractivity (Wildman–Crippen MR) is 108 cm³/mol. The number of carbonyl (C=O) groups is 1. The SMILES string of the molecule is CC(NC(=O)CN(C)CC1CCCN(C)C1)c1cccc2ccccc12. The third-order valence-corrected chi connectivity index (χ3v) is 5.37. The number of likely N-dealkylation sites (tertiary alicyclic amines) is 1. The van der Waals surface area contributed by atoms with Crippen LogP contribution in [0.3, 0.4) is 0 Å². The third-order valence-electron chi connectivity index (χ3n) is 5.37. The molecule has 2 aromatic carbocycles. The zero-order valence-electron chi connectivity index (χ0n) is 16.2. The van der Waals surface area contributed by atoms with E-state index in [0.29, 0.717) is 12.5 Å². The Morgan fingerprint density at radius 1 is 1.27 bits per heavy atom. The molecule has 0 spiro atoms. The minimum atomic E-state index is 0.00261. The van der Waals surface area contributed by atoms with Gasteiger partial charge in [-0.2, -0.15) is 0 Å². The Balaban J connectivity index is 1.55. The van der Waals surface area contributed by atoms with Crippen molar-refractivity contribution >= 4 is 16.7 Å². The second-order valence-electron chi connectivity index (χ2n) is 7.82. The van der Waals surface area contributed by atoms with Gasteiger partial charge in [-0.25, -0.2) is 0 Å². The van der Waals surface area contributed by atoms with E-state index in [0.717, 1.165) is 13.1 Å². The first-order chi connectivity index (χ1) is 12.5. The van der Waals surface area contributed by atoms with Crippen LogP contribution < -0.4 is 5.32 Å². The molecule has 2 unspecified atom stereocenters. The summed E-state index contributed by atoms with van der Waals surface area (Å²) >= 11 is 0. The Morgan fingerprint density at radius 2 is 2.04 bits per heavy atom. The Hall–Kier alpha value is -1.91. The molecule has 1 saturated heterocycles. The number of benzene rings is 2. The second-order valence-corrected chi connectivity index (χ2v) is 7.82. The zero-order chi connectivity index (χ0) is 18.5. The first-order valence-electron chi connectivity index (χ1n) is 9.67. The smallest absolute Gasteiger partial charge is 0.234 e. The van der Waals surface area contributed by atoms with Crippen LogP contribution in [0.15, 0.2) is 42.5 Å². The maximum absolute atomic E-state index is 12.5. The standard InChI is InChI=1S/C22H31N3O/c1-17(20-12-6-10-19-9-4-5-11-21(19)20)23-22(26)16-25(3)15-18-8-7-13-24(2)14-18/h4-6,9-12,17-18H,7-8,13-16H2,1-3H3,(H,23,26). The van der Waals surface area contributed by atoms with Gasteiger partial charge in [0.1, 0.15) is 0 Å². The van der Waals surface area contributed by atoms with Crippen LogP contribution >= 0.6 is 0 Å². The summed E-state index contributed by atoms with van der Waals surface area (Å²) in [5, 5.41) is 5.60. The number of hydrogen-bond acceptors (Lipinski definition) is 3. The van der Waals surface area contributed by atoms with E-state index < -0.39 is 0 Å². The summed E-state index contributed by atoms with van der Waals surface area (Å²) in [6.45, 7) is 5.84. The molecular weight excluding hydrogens is 322 g/mol. The maximum atomic E-state index is 12.5. The van der Waals surface area contributed by atoms with Crippen LogP contribution in [0.25, 0.3) is 10.8 Å². The molecule has 0 bridgehead atoms. The summed E-state index contributed by atoms with van der Waals surface area (Å²) in [7, 11) is 4.24. The number of fused-ring (bicyclic) bond motifs is 1. The van der Waals surface area contributed by atoms with Crippen LogP contribution in [-0.2, 0) is 4.79 Å². The van der Waals surface area contributed by atoms with E-state index in [1.807, 2.05) is 6.07 Å². The van der Waals surface area contributed by atoms with Crippen LogP contribution in [0.1, 0.15) is 31.4 Å². The van der Waals surface area contributed by atoms with E-state index in [4.69, 9.17) is 0 Å². The number of amides is 1. The molecular formula is C22H31N3O. The highest BCUT2D eigenvalue weighted by atomic mass is 16.2. The van der Waals surface area contributed by atoms with Gasteiger partial charge in [-0.05, 0) is 62.7 Å². The van der Waals surface area contributed by atoms with Crippen molar-refractivity contribution in [3.8, 4) is 0 Å². The third kappa shape index (κ3) is 4.83. The molecule has 2 aromatic rings. The lowest BCUT2D eigenvalue weighted by Crippen LogP contribution is -2.42. The molecule has 1 amide bonds. The van der Waals surface area contributed by atoms with Gasteiger partial charge in [0.05, 0.1) is 12.6 Å². The molecule has 0 aliphatic carbocycles. The fourth-order valence-corrected chi connectivity index (χ4v) is 4.17. The van der Waals surface area contributed by atoms with Crippen molar-refractivity contribution < 1.29 is 4.79 Å². The quantitative estimate of drug-likeness (QED) is 0.866. The van der Waals surface area contributed by atoms with Gasteiger partial charge in [0.15, 0.2) is 0 Å². The molecule has 0 radical (unpaired) electrons. The van der Waals surface area contributed by atoms with Crippen molar-refractivity contribution in [1.82, 2.24) is 15.1 Å². The highest BCUT2D eigenvalue weighted by Crippen LogP contribution is 2.24. The molecule has 4 nitrogen and oxygen atoms in total. The molecule has 3 rings (SSSR count). The van der Waals surface area contributed by atoms with Gasteiger partial charge in [-0.3, -0.25) is 9.69 Å². The van der Waals surface area contributed by atoms with E-state index >= 15 is 0 Å². The first-order valence-corrected chi connectivity index (χ1v) is 9.67. The van der Waals surface area contributed by atoms with E-state index in [1.165, 1.54) is 35.7 Å². The van der Waals surface area contributed by atoms with Crippen molar-refractivity contribution in [2.24, 2.45) is 5.92 Å². The van der Waals surface area contributed by atoms with Gasteiger partial charge in [0.25, 0.3) is 0 Å². The number of carbonyl (C=O) groups excluding carboxylic acids is 1. The highest BCUT2D eigenvalue weighted by Gasteiger charge is 2.20. The molecule has 4 heteroatoms. The number of hydrogen-bond donors (Lipinski definition) is 1. The van der Waals surface area contributed by atoms with Gasteiger partial charge in [-0.15, -0.1) is 0 Å². The fourth-order valence-electron chi connectivity index (χ4n) is 4.17. The molecule has 1 fully saturated rings. The zero-order valence-corrected chi connectivity index (χ0v) is 16.2.